The van der Waals surface area contributed by atoms with Crippen LogP contribution in [0.15, 0.2) is 53.4 Å². The van der Waals surface area contributed by atoms with Gasteiger partial charge in [-0.1, -0.05) is 26.0 Å². The summed E-state index contributed by atoms with van der Waals surface area (Å²) in [7, 11) is -3.64. The first-order valence-corrected chi connectivity index (χ1v) is 12.4. The highest BCUT2D eigenvalue weighted by atomic mass is 32.2. The largest absolute Gasteiger partial charge is 0.368 e. The molecule has 0 aromatic heterocycles. The molecule has 0 radical (unpaired) electrons. The van der Waals surface area contributed by atoms with Crippen LogP contribution in [0.1, 0.15) is 49.0 Å². The van der Waals surface area contributed by atoms with E-state index in [1.165, 1.54) is 0 Å². The van der Waals surface area contributed by atoms with E-state index in [1.807, 2.05) is 36.4 Å². The second-order valence-electron chi connectivity index (χ2n) is 8.34. The Labute approximate surface area is 190 Å². The molecule has 1 heterocycles. The number of sulfonamides is 1. The normalized spacial score (nSPS) is 14.6. The van der Waals surface area contributed by atoms with Gasteiger partial charge in [-0.3, -0.25) is 9.59 Å². The van der Waals surface area contributed by atoms with E-state index in [-0.39, 0.29) is 29.6 Å². The van der Waals surface area contributed by atoms with Crippen LogP contribution in [0.2, 0.25) is 0 Å². The van der Waals surface area contributed by atoms with Crippen LogP contribution >= 0.6 is 0 Å². The van der Waals surface area contributed by atoms with Crippen molar-refractivity contribution >= 4 is 27.4 Å². The maximum Gasteiger partial charge on any atom is 0.240 e. The minimum absolute atomic E-state index is 0.0372. The Bertz CT molecular complexity index is 1040. The van der Waals surface area contributed by atoms with Gasteiger partial charge in [0.15, 0.2) is 5.78 Å². The maximum absolute atomic E-state index is 12.5. The van der Waals surface area contributed by atoms with Crippen molar-refractivity contribution in [3.05, 3.63) is 59.7 Å². The summed E-state index contributed by atoms with van der Waals surface area (Å²) in [6.45, 7) is 8.27. The number of carbonyl (C=O) groups is 2. The Hall–Kier alpha value is -2.71. The molecule has 1 amide bonds. The Morgan fingerprint density at radius 2 is 1.53 bits per heavy atom. The summed E-state index contributed by atoms with van der Waals surface area (Å²) in [5.74, 6) is 0.308. The third-order valence-corrected chi connectivity index (χ3v) is 7.24. The lowest BCUT2D eigenvalue weighted by Gasteiger charge is -2.36. The molecule has 1 N–H and O–H groups in total. The number of Topliss-reactive ketones (excluding diaryl/α,β-unsaturated/α-hetero) is 1. The van der Waals surface area contributed by atoms with E-state index in [0.717, 1.165) is 11.3 Å². The van der Waals surface area contributed by atoms with Gasteiger partial charge in [0.1, 0.15) is 0 Å². The zero-order valence-electron chi connectivity index (χ0n) is 18.9. The molecule has 0 spiro atoms. The highest BCUT2D eigenvalue weighted by molar-refractivity contribution is 7.89. The predicted molar refractivity (Wildman–Crippen MR) is 126 cm³/mol. The first-order valence-electron chi connectivity index (χ1n) is 10.9. The van der Waals surface area contributed by atoms with Gasteiger partial charge >= 0.3 is 0 Å². The lowest BCUT2D eigenvalue weighted by Crippen LogP contribution is -2.49. The second-order valence-corrected chi connectivity index (χ2v) is 10.1. The van der Waals surface area contributed by atoms with Crippen molar-refractivity contribution < 1.29 is 18.0 Å². The minimum atomic E-state index is -3.64. The standard InChI is InChI=1S/C24H31N3O4S/c1-18(2)20-6-10-23(11-7-20)32(30,31)25-13-12-24(29)27-16-14-26(15-17-27)22-8-4-21(5-9-22)19(3)28/h4-11,18,25H,12-17H2,1-3H3. The zero-order chi connectivity index (χ0) is 23.3. The number of amides is 1. The molecule has 172 valence electrons. The summed E-state index contributed by atoms with van der Waals surface area (Å²) in [5.41, 5.74) is 2.78. The van der Waals surface area contributed by atoms with Crippen LogP contribution in [-0.2, 0) is 14.8 Å². The Morgan fingerprint density at radius 1 is 0.938 bits per heavy atom. The van der Waals surface area contributed by atoms with Crippen LogP contribution in [0.4, 0.5) is 5.69 Å². The highest BCUT2D eigenvalue weighted by Gasteiger charge is 2.22. The summed E-state index contributed by atoms with van der Waals surface area (Å²) >= 11 is 0. The molecular weight excluding hydrogens is 426 g/mol. The molecule has 3 rings (SSSR count). The molecule has 2 aromatic carbocycles. The molecule has 7 nitrogen and oxygen atoms in total. The number of hydrogen-bond donors (Lipinski definition) is 1. The second kappa shape index (κ2) is 10.3. The molecule has 0 aliphatic carbocycles. The fraction of sp³-hybridized carbons (Fsp3) is 0.417. The Morgan fingerprint density at radius 3 is 2.06 bits per heavy atom. The van der Waals surface area contributed by atoms with Crippen molar-refractivity contribution in [1.82, 2.24) is 9.62 Å². The maximum atomic E-state index is 12.5. The van der Waals surface area contributed by atoms with Crippen molar-refractivity contribution in [2.24, 2.45) is 0 Å². The van der Waals surface area contributed by atoms with E-state index in [4.69, 9.17) is 0 Å². The summed E-state index contributed by atoms with van der Waals surface area (Å²) in [5, 5.41) is 0. The molecule has 1 fully saturated rings. The van der Waals surface area contributed by atoms with Crippen molar-refractivity contribution in [2.75, 3.05) is 37.6 Å². The molecule has 0 saturated carbocycles. The van der Waals surface area contributed by atoms with E-state index in [1.54, 1.807) is 24.0 Å². The van der Waals surface area contributed by atoms with Crippen molar-refractivity contribution in [1.29, 1.82) is 0 Å². The van der Waals surface area contributed by atoms with Gasteiger partial charge in [-0.2, -0.15) is 0 Å². The zero-order valence-corrected chi connectivity index (χ0v) is 19.7. The fourth-order valence-corrected chi connectivity index (χ4v) is 4.72. The van der Waals surface area contributed by atoms with Gasteiger partial charge in [0, 0.05) is 50.4 Å². The molecule has 1 saturated heterocycles. The van der Waals surface area contributed by atoms with Gasteiger partial charge in [-0.25, -0.2) is 13.1 Å². The third kappa shape index (κ3) is 5.95. The average molecular weight is 458 g/mol. The number of nitrogens with zero attached hydrogens (tertiary/aromatic N) is 2. The molecule has 0 unspecified atom stereocenters. The van der Waals surface area contributed by atoms with Crippen LogP contribution in [0.3, 0.4) is 0 Å². The van der Waals surface area contributed by atoms with Gasteiger partial charge in [-0.05, 0) is 54.8 Å². The average Bonchev–Trinajstić information content (AvgIpc) is 2.79. The molecule has 1 aliphatic rings. The lowest BCUT2D eigenvalue weighted by molar-refractivity contribution is -0.131. The van der Waals surface area contributed by atoms with Crippen LogP contribution in [0, 0.1) is 0 Å². The molecule has 2 aromatic rings. The predicted octanol–water partition coefficient (Wildman–Crippen LogP) is 3.03. The molecule has 8 heteroatoms. The Kier molecular flexibility index (Phi) is 7.69. The van der Waals surface area contributed by atoms with Crippen LogP contribution in [0.25, 0.3) is 0 Å². The molecule has 0 atom stereocenters. The number of hydrogen-bond acceptors (Lipinski definition) is 5. The fourth-order valence-electron chi connectivity index (χ4n) is 3.69. The molecule has 1 aliphatic heterocycles. The summed E-state index contributed by atoms with van der Waals surface area (Å²) < 4.78 is 27.5. The number of piperazine rings is 1. The summed E-state index contributed by atoms with van der Waals surface area (Å²) in [6, 6.07) is 14.3. The molecule has 32 heavy (non-hydrogen) atoms. The number of anilines is 1. The number of carbonyl (C=O) groups excluding carboxylic acids is 2. The quantitative estimate of drug-likeness (QED) is 0.616. The van der Waals surface area contributed by atoms with Crippen molar-refractivity contribution in [3.63, 3.8) is 0 Å². The van der Waals surface area contributed by atoms with E-state index < -0.39 is 10.0 Å². The van der Waals surface area contributed by atoms with Gasteiger partial charge in [0.2, 0.25) is 15.9 Å². The van der Waals surface area contributed by atoms with Gasteiger partial charge in [0.05, 0.1) is 4.90 Å². The lowest BCUT2D eigenvalue weighted by atomic mass is 10.0. The van der Waals surface area contributed by atoms with E-state index >= 15 is 0 Å². The van der Waals surface area contributed by atoms with Gasteiger partial charge in [0.25, 0.3) is 0 Å². The van der Waals surface area contributed by atoms with Crippen molar-refractivity contribution in [3.8, 4) is 0 Å². The smallest absolute Gasteiger partial charge is 0.240 e. The molecular formula is C24H31N3O4S. The third-order valence-electron chi connectivity index (χ3n) is 5.76. The van der Waals surface area contributed by atoms with E-state index in [2.05, 4.69) is 23.5 Å². The van der Waals surface area contributed by atoms with Gasteiger partial charge in [-0.15, -0.1) is 0 Å². The topological polar surface area (TPSA) is 86.8 Å². The number of ketones is 1. The Balaban J connectivity index is 1.46. The summed E-state index contributed by atoms with van der Waals surface area (Å²) in [4.78, 5) is 28.1. The molecule has 0 bridgehead atoms. The first kappa shape index (κ1) is 23.9. The van der Waals surface area contributed by atoms with Crippen LogP contribution in [0.5, 0.6) is 0 Å². The summed E-state index contributed by atoms with van der Waals surface area (Å²) in [6.07, 6.45) is 0.122. The van der Waals surface area contributed by atoms with Crippen molar-refractivity contribution in [2.45, 2.75) is 38.0 Å². The monoisotopic (exact) mass is 457 g/mol. The van der Waals surface area contributed by atoms with Crippen LogP contribution in [-0.4, -0.2) is 57.7 Å². The number of rotatable bonds is 8. The van der Waals surface area contributed by atoms with Gasteiger partial charge < -0.3 is 9.80 Å². The highest BCUT2D eigenvalue weighted by Crippen LogP contribution is 2.19. The number of benzene rings is 2. The SMILES string of the molecule is CC(=O)c1ccc(N2CCN(C(=O)CCNS(=O)(=O)c3ccc(C(C)C)cc3)CC2)cc1. The minimum Gasteiger partial charge on any atom is -0.368 e. The van der Waals surface area contributed by atoms with E-state index in [9.17, 15) is 18.0 Å². The first-order chi connectivity index (χ1) is 15.2. The van der Waals surface area contributed by atoms with Crippen LogP contribution < -0.4 is 9.62 Å². The number of nitrogens with one attached hydrogen (secondary N) is 1. The van der Waals surface area contributed by atoms with E-state index in [0.29, 0.717) is 37.7 Å².